The number of halogens is 1. The van der Waals surface area contributed by atoms with Crippen molar-refractivity contribution < 1.29 is 0 Å². The third-order valence-corrected chi connectivity index (χ3v) is 5.47. The summed E-state index contributed by atoms with van der Waals surface area (Å²) < 4.78 is 1.96. The second kappa shape index (κ2) is 7.49. The van der Waals surface area contributed by atoms with E-state index in [2.05, 4.69) is 68.1 Å². The van der Waals surface area contributed by atoms with E-state index in [1.54, 1.807) is 13.2 Å². The monoisotopic (exact) mass is 390 g/mol. The van der Waals surface area contributed by atoms with E-state index >= 15 is 0 Å². The first-order valence-electron chi connectivity index (χ1n) is 8.31. The van der Waals surface area contributed by atoms with Gasteiger partial charge in [0, 0.05) is 39.3 Å². The van der Waals surface area contributed by atoms with Gasteiger partial charge in [0.2, 0.25) is 0 Å². The van der Waals surface area contributed by atoms with Gasteiger partial charge in [-0.25, -0.2) is 4.68 Å². The number of aryl methyl sites for hydroxylation is 1. The van der Waals surface area contributed by atoms with Gasteiger partial charge in [-0.2, -0.15) is 5.10 Å². The summed E-state index contributed by atoms with van der Waals surface area (Å²) in [4.78, 5) is 16.9. The molecule has 0 spiro atoms. The highest BCUT2D eigenvalue weighted by atomic mass is 79.9. The third kappa shape index (κ3) is 3.70. The first-order valence-corrected chi connectivity index (χ1v) is 9.10. The molecule has 6 heteroatoms. The Balaban J connectivity index is 1.75. The average Bonchev–Trinajstić information content (AvgIpc) is 2.77. The molecule has 0 radical (unpaired) electrons. The predicted octanol–water partition coefficient (Wildman–Crippen LogP) is 2.64. The molecular weight excluding hydrogens is 368 g/mol. The fraction of sp³-hybridized carbons (Fsp3) is 0.444. The lowest BCUT2D eigenvalue weighted by Gasteiger charge is -2.26. The molecule has 1 aromatic carbocycles. The number of benzene rings is 1. The van der Waals surface area contributed by atoms with Crippen molar-refractivity contribution in [1.82, 2.24) is 14.7 Å². The summed E-state index contributed by atoms with van der Waals surface area (Å²) in [6.07, 6.45) is 2.84. The van der Waals surface area contributed by atoms with Crippen LogP contribution in [0.1, 0.15) is 18.9 Å². The smallest absolute Gasteiger partial charge is 0.282 e. The molecule has 5 nitrogen and oxygen atoms in total. The van der Waals surface area contributed by atoms with Crippen molar-refractivity contribution in [2.75, 3.05) is 24.5 Å². The van der Waals surface area contributed by atoms with Crippen molar-refractivity contribution in [1.29, 1.82) is 0 Å². The summed E-state index contributed by atoms with van der Waals surface area (Å²) in [5.41, 5.74) is 2.15. The lowest BCUT2D eigenvalue weighted by atomic mass is 10.1. The summed E-state index contributed by atoms with van der Waals surface area (Å²) in [6, 6.07) is 11.1. The molecule has 0 N–H and O–H groups in total. The Morgan fingerprint density at radius 1 is 1.21 bits per heavy atom. The van der Waals surface area contributed by atoms with Gasteiger partial charge < -0.3 is 4.90 Å². The maximum atomic E-state index is 12.1. The van der Waals surface area contributed by atoms with Crippen LogP contribution in [0.3, 0.4) is 0 Å². The highest BCUT2D eigenvalue weighted by Crippen LogP contribution is 2.24. The molecule has 1 atom stereocenters. The molecule has 0 amide bonds. The van der Waals surface area contributed by atoms with Crippen LogP contribution in [0.2, 0.25) is 0 Å². The number of hydrogen-bond acceptors (Lipinski definition) is 4. The molecule has 1 unspecified atom stereocenters. The van der Waals surface area contributed by atoms with Crippen LogP contribution in [-0.2, 0) is 13.6 Å². The van der Waals surface area contributed by atoms with Crippen LogP contribution in [0.4, 0.5) is 5.69 Å². The van der Waals surface area contributed by atoms with Crippen molar-refractivity contribution in [3.8, 4) is 0 Å². The zero-order valence-corrected chi connectivity index (χ0v) is 15.7. The van der Waals surface area contributed by atoms with E-state index in [1.807, 2.05) is 0 Å². The lowest BCUT2D eigenvalue weighted by molar-refractivity contribution is 0.212. The summed E-state index contributed by atoms with van der Waals surface area (Å²) in [5, 5.41) is 4.17. The molecular formula is C18H23BrN4O. The summed E-state index contributed by atoms with van der Waals surface area (Å²) in [5.74, 6) is 0. The van der Waals surface area contributed by atoms with Crippen LogP contribution in [0.25, 0.3) is 0 Å². The van der Waals surface area contributed by atoms with E-state index in [-0.39, 0.29) is 5.56 Å². The van der Waals surface area contributed by atoms with Crippen LogP contribution in [-0.4, -0.2) is 40.4 Å². The molecule has 3 rings (SSSR count). The Hall–Kier alpha value is -1.66. The number of anilines is 1. The van der Waals surface area contributed by atoms with Gasteiger partial charge in [0.15, 0.2) is 0 Å². The Labute approximate surface area is 151 Å². The number of nitrogens with zero attached hydrogens (tertiary/aromatic N) is 4. The quantitative estimate of drug-likeness (QED) is 0.807. The molecule has 128 valence electrons. The largest absolute Gasteiger partial charge is 0.368 e. The Morgan fingerprint density at radius 3 is 2.71 bits per heavy atom. The van der Waals surface area contributed by atoms with E-state index in [1.165, 1.54) is 10.2 Å². The number of aromatic nitrogens is 2. The van der Waals surface area contributed by atoms with Crippen LogP contribution >= 0.6 is 15.9 Å². The van der Waals surface area contributed by atoms with Crippen LogP contribution in [0, 0.1) is 0 Å². The van der Waals surface area contributed by atoms with Gasteiger partial charge in [0.25, 0.3) is 5.56 Å². The minimum Gasteiger partial charge on any atom is -0.368 e. The Kier molecular flexibility index (Phi) is 5.36. The van der Waals surface area contributed by atoms with Crippen LogP contribution in [0.5, 0.6) is 0 Å². The molecule has 0 saturated carbocycles. The highest BCUT2D eigenvalue weighted by Gasteiger charge is 2.23. The first kappa shape index (κ1) is 17.2. The molecule has 1 aliphatic rings. The minimum atomic E-state index is -0.0917. The second-order valence-electron chi connectivity index (χ2n) is 6.35. The van der Waals surface area contributed by atoms with E-state index in [4.69, 9.17) is 0 Å². The van der Waals surface area contributed by atoms with Crippen LogP contribution < -0.4 is 10.5 Å². The summed E-state index contributed by atoms with van der Waals surface area (Å²) >= 11 is 3.45. The molecule has 1 aliphatic heterocycles. The topological polar surface area (TPSA) is 41.4 Å². The van der Waals surface area contributed by atoms with Gasteiger partial charge in [0.1, 0.15) is 4.47 Å². The van der Waals surface area contributed by atoms with Crippen LogP contribution in [0.15, 0.2) is 45.8 Å². The molecule has 1 fully saturated rings. The maximum Gasteiger partial charge on any atom is 0.282 e. The van der Waals surface area contributed by atoms with Crippen molar-refractivity contribution in [2.24, 2.45) is 7.05 Å². The van der Waals surface area contributed by atoms with Gasteiger partial charge in [-0.05, 0) is 34.8 Å². The van der Waals surface area contributed by atoms with Gasteiger partial charge >= 0.3 is 0 Å². The zero-order valence-electron chi connectivity index (χ0n) is 14.2. The first-order chi connectivity index (χ1) is 11.6. The van der Waals surface area contributed by atoms with E-state index in [9.17, 15) is 4.79 Å². The van der Waals surface area contributed by atoms with Crippen molar-refractivity contribution in [3.63, 3.8) is 0 Å². The average molecular weight is 391 g/mol. The Morgan fingerprint density at radius 2 is 1.96 bits per heavy atom. The van der Waals surface area contributed by atoms with Crippen molar-refractivity contribution in [3.05, 3.63) is 56.9 Å². The molecule has 0 aliphatic carbocycles. The molecule has 2 aromatic rings. The number of rotatable bonds is 3. The van der Waals surface area contributed by atoms with Gasteiger partial charge in [-0.3, -0.25) is 9.69 Å². The number of hydrogen-bond donors (Lipinski definition) is 0. The zero-order chi connectivity index (χ0) is 17.1. The maximum absolute atomic E-state index is 12.1. The second-order valence-corrected chi connectivity index (χ2v) is 7.15. The van der Waals surface area contributed by atoms with Crippen molar-refractivity contribution in [2.45, 2.75) is 25.9 Å². The van der Waals surface area contributed by atoms with E-state index in [0.717, 1.165) is 38.3 Å². The molecule has 0 bridgehead atoms. The lowest BCUT2D eigenvalue weighted by Crippen LogP contribution is -2.34. The normalized spacial score (nSPS) is 19.3. The molecule has 1 saturated heterocycles. The van der Waals surface area contributed by atoms with Gasteiger partial charge in [0.05, 0.1) is 11.9 Å². The van der Waals surface area contributed by atoms with Crippen molar-refractivity contribution >= 4 is 21.6 Å². The SMILES string of the molecule is CC1CCN(c2cnn(C)c(=O)c2Br)CCN1Cc1ccccc1. The van der Waals surface area contributed by atoms with E-state index in [0.29, 0.717) is 10.5 Å². The molecule has 24 heavy (non-hydrogen) atoms. The Bertz CT molecular complexity index is 746. The molecule has 2 heterocycles. The molecule has 1 aromatic heterocycles. The standard InChI is InChI=1S/C18H23BrN4O/c1-14-8-9-22(16-12-20-21(2)18(24)17(16)19)10-11-23(14)13-15-6-4-3-5-7-15/h3-7,12,14H,8-11,13H2,1-2H3. The minimum absolute atomic E-state index is 0.0917. The predicted molar refractivity (Wildman–Crippen MR) is 100 cm³/mol. The van der Waals surface area contributed by atoms with E-state index < -0.39 is 0 Å². The summed E-state index contributed by atoms with van der Waals surface area (Å²) in [7, 11) is 1.67. The fourth-order valence-electron chi connectivity index (χ4n) is 3.12. The highest BCUT2D eigenvalue weighted by molar-refractivity contribution is 9.10. The van der Waals surface area contributed by atoms with Gasteiger partial charge in [-0.1, -0.05) is 30.3 Å². The third-order valence-electron chi connectivity index (χ3n) is 4.73. The summed E-state index contributed by atoms with van der Waals surface area (Å²) in [6.45, 7) is 6.04. The van der Waals surface area contributed by atoms with Gasteiger partial charge in [-0.15, -0.1) is 0 Å². The fourth-order valence-corrected chi connectivity index (χ4v) is 3.73.